The quantitative estimate of drug-likeness (QED) is 0.0736. The molecule has 0 atom stereocenters. The summed E-state index contributed by atoms with van der Waals surface area (Å²) in [7, 11) is -0.397. The molecule has 5 aromatic carbocycles. The molecule has 8 aliphatic rings. The minimum Gasteiger partial charge on any atom is -0.457 e. The van der Waals surface area contributed by atoms with Crippen LogP contribution in [0.25, 0.3) is 0 Å². The number of hydrogen-bond acceptors (Lipinski definition) is 8. The van der Waals surface area contributed by atoms with Gasteiger partial charge in [-0.15, -0.1) is 0 Å². The van der Waals surface area contributed by atoms with Crippen LogP contribution in [-0.4, -0.2) is 23.5 Å². The molecule has 0 N–H and O–H groups in total. The molecule has 8 nitrogen and oxygen atoms in total. The number of rotatable bonds is 11. The number of carbonyl (C=O) groups is 2. The molecule has 9 heteroatoms. The first kappa shape index (κ1) is 41.3. The number of aryl methyl sites for hydroxylation is 1. The van der Waals surface area contributed by atoms with Crippen LogP contribution in [0.1, 0.15) is 83.6 Å². The molecular formula is C55H57O8S+. The molecule has 5 aromatic rings. The van der Waals surface area contributed by atoms with E-state index in [9.17, 15) is 9.59 Å². The van der Waals surface area contributed by atoms with E-state index in [1.165, 1.54) is 23.3 Å². The maximum Gasteiger partial charge on any atom is 0.514 e. The lowest BCUT2D eigenvalue weighted by atomic mass is 9.50. The van der Waals surface area contributed by atoms with Crippen molar-refractivity contribution >= 4 is 23.2 Å². The summed E-state index contributed by atoms with van der Waals surface area (Å²) in [5, 5.41) is 0. The third-order valence-corrected chi connectivity index (χ3v) is 18.3. The minimum absolute atomic E-state index is 0.397. The van der Waals surface area contributed by atoms with Crippen molar-refractivity contribution in [2.45, 2.75) is 111 Å². The minimum atomic E-state index is -0.622. The maximum atomic E-state index is 13.0. The van der Waals surface area contributed by atoms with E-state index in [2.05, 4.69) is 69.3 Å². The number of ether oxygens (including phenoxy) is 6. The highest BCUT2D eigenvalue weighted by Gasteiger charge is 2.58. The van der Waals surface area contributed by atoms with Gasteiger partial charge >= 0.3 is 12.3 Å². The van der Waals surface area contributed by atoms with Crippen molar-refractivity contribution in [3.8, 4) is 34.5 Å². The van der Waals surface area contributed by atoms with Crippen LogP contribution in [0.5, 0.6) is 34.5 Å². The largest absolute Gasteiger partial charge is 0.514 e. The Labute approximate surface area is 379 Å². The van der Waals surface area contributed by atoms with Gasteiger partial charge in [-0.1, -0.05) is 17.7 Å². The number of carbonyl (C=O) groups excluding carboxylic acids is 2. The monoisotopic (exact) mass is 877 g/mol. The zero-order valence-electron chi connectivity index (χ0n) is 36.9. The van der Waals surface area contributed by atoms with E-state index in [4.69, 9.17) is 28.4 Å². The molecule has 64 heavy (non-hydrogen) atoms. The van der Waals surface area contributed by atoms with Gasteiger partial charge in [0.25, 0.3) is 0 Å². The molecule has 8 saturated carbocycles. The molecule has 0 heterocycles. The van der Waals surface area contributed by atoms with Gasteiger partial charge in [-0.2, -0.15) is 0 Å². The Kier molecular flexibility index (Phi) is 10.7. The van der Waals surface area contributed by atoms with Crippen molar-refractivity contribution in [1.82, 2.24) is 0 Å². The van der Waals surface area contributed by atoms with Gasteiger partial charge in [-0.3, -0.25) is 0 Å². The van der Waals surface area contributed by atoms with Gasteiger partial charge in [0.1, 0.15) is 45.7 Å². The van der Waals surface area contributed by atoms with Gasteiger partial charge in [0.05, 0.1) is 10.9 Å². The molecule has 8 bridgehead atoms. The van der Waals surface area contributed by atoms with Crippen LogP contribution in [0.4, 0.5) is 9.59 Å². The summed E-state index contributed by atoms with van der Waals surface area (Å²) < 4.78 is 36.0. The van der Waals surface area contributed by atoms with Crippen molar-refractivity contribution in [3.63, 3.8) is 0 Å². The molecule has 0 aliphatic heterocycles. The Morgan fingerprint density at radius 3 is 0.984 bits per heavy atom. The zero-order valence-corrected chi connectivity index (χ0v) is 37.7. The normalized spacial score (nSPS) is 30.9. The first-order valence-corrected chi connectivity index (χ1v) is 24.6. The Bertz CT molecular complexity index is 2270. The SMILES string of the molecule is Cc1ccc([S+](c2ccc(Oc3ccc(OC(=O)OC4(C)C5CC6CC(C5)CC4C6)cc3)cc2)c2ccc(Oc3ccc(OC(=O)OC4(C)C5CC6CC(C5)CC4C6)cc3)cc2)cc1. The summed E-state index contributed by atoms with van der Waals surface area (Å²) in [6.07, 6.45) is 10.8. The molecule has 0 spiro atoms. The van der Waals surface area contributed by atoms with Gasteiger partial charge in [-0.25, -0.2) is 9.59 Å². The van der Waals surface area contributed by atoms with Gasteiger partial charge in [0.2, 0.25) is 0 Å². The van der Waals surface area contributed by atoms with E-state index in [1.807, 2.05) is 48.5 Å². The first-order valence-electron chi connectivity index (χ1n) is 23.4. The lowest BCUT2D eigenvalue weighted by molar-refractivity contribution is -0.169. The Morgan fingerprint density at radius 1 is 0.406 bits per heavy atom. The second-order valence-electron chi connectivity index (χ2n) is 20.1. The number of benzene rings is 5. The standard InChI is InChI=1S/C55H57O8S/c1-34-4-18-49(19-5-34)64(50-20-14-45(15-21-50)58-43-6-10-47(11-7-43)60-52(56)62-54(2)39-26-35-24-36(28-39)29-40(54)27-35)51-22-16-46(17-23-51)59-44-8-12-48(13-9-44)61-53(57)63-55(3)41-30-37-25-38(32-41)33-42(55)31-37/h4-23,35-42H,24-33H2,1-3H3/q+1. The Morgan fingerprint density at radius 2 is 0.672 bits per heavy atom. The van der Waals surface area contributed by atoms with Crippen LogP contribution in [0.2, 0.25) is 0 Å². The molecule has 0 amide bonds. The summed E-state index contributed by atoms with van der Waals surface area (Å²) in [4.78, 5) is 29.5. The third-order valence-electron chi connectivity index (χ3n) is 16.0. The highest BCUT2D eigenvalue weighted by atomic mass is 32.2. The molecule has 330 valence electrons. The Balaban J connectivity index is 0.709. The van der Waals surface area contributed by atoms with Crippen LogP contribution < -0.4 is 18.9 Å². The second kappa shape index (κ2) is 16.5. The van der Waals surface area contributed by atoms with E-state index < -0.39 is 34.4 Å². The number of hydrogen-bond donors (Lipinski definition) is 0. The van der Waals surface area contributed by atoms with Gasteiger partial charge < -0.3 is 28.4 Å². The zero-order chi connectivity index (χ0) is 43.6. The van der Waals surface area contributed by atoms with Crippen LogP contribution in [0.3, 0.4) is 0 Å². The molecule has 0 unspecified atom stereocenters. The average molecular weight is 878 g/mol. The molecule has 0 saturated heterocycles. The van der Waals surface area contributed by atoms with E-state index in [1.54, 1.807) is 24.3 Å². The van der Waals surface area contributed by atoms with Crippen LogP contribution in [-0.2, 0) is 20.4 Å². The molecule has 0 radical (unpaired) electrons. The second-order valence-corrected chi connectivity index (χ2v) is 22.1. The maximum absolute atomic E-state index is 13.0. The van der Waals surface area contributed by atoms with Crippen molar-refractivity contribution < 1.29 is 38.0 Å². The van der Waals surface area contributed by atoms with E-state index >= 15 is 0 Å². The van der Waals surface area contributed by atoms with E-state index in [0.29, 0.717) is 58.2 Å². The fraction of sp³-hybridized carbons (Fsp3) is 0.418. The summed E-state index contributed by atoms with van der Waals surface area (Å²) in [6.45, 7) is 6.35. The summed E-state index contributed by atoms with van der Waals surface area (Å²) >= 11 is 0. The predicted octanol–water partition coefficient (Wildman–Crippen LogP) is 14.1. The summed E-state index contributed by atoms with van der Waals surface area (Å²) in [6, 6.07) is 39.3. The van der Waals surface area contributed by atoms with Crippen molar-refractivity contribution in [2.75, 3.05) is 0 Å². The van der Waals surface area contributed by atoms with Crippen LogP contribution in [0, 0.1) is 54.3 Å². The lowest BCUT2D eigenvalue weighted by Crippen LogP contribution is -2.58. The van der Waals surface area contributed by atoms with E-state index in [0.717, 1.165) is 84.8 Å². The lowest BCUT2D eigenvalue weighted by Gasteiger charge is -2.58. The van der Waals surface area contributed by atoms with E-state index in [-0.39, 0.29) is 0 Å². The third kappa shape index (κ3) is 8.14. The molecular weight excluding hydrogens is 821 g/mol. The fourth-order valence-electron chi connectivity index (χ4n) is 13.0. The van der Waals surface area contributed by atoms with Gasteiger partial charge in [0, 0.05) is 0 Å². The average Bonchev–Trinajstić information content (AvgIpc) is 3.27. The van der Waals surface area contributed by atoms with Gasteiger partial charge in [-0.05, 0) is 242 Å². The summed E-state index contributed by atoms with van der Waals surface area (Å²) in [5.74, 6) is 8.48. The molecule has 8 aliphatic carbocycles. The van der Waals surface area contributed by atoms with Crippen molar-refractivity contribution in [1.29, 1.82) is 0 Å². The fourth-order valence-corrected chi connectivity index (χ4v) is 15.0. The molecule has 0 aromatic heterocycles. The first-order chi connectivity index (χ1) is 31.0. The highest BCUT2D eigenvalue weighted by Crippen LogP contribution is 2.61. The highest BCUT2D eigenvalue weighted by molar-refractivity contribution is 7.97. The van der Waals surface area contributed by atoms with Crippen molar-refractivity contribution in [3.05, 3.63) is 127 Å². The van der Waals surface area contributed by atoms with Crippen LogP contribution in [0.15, 0.2) is 136 Å². The molecule has 13 rings (SSSR count). The van der Waals surface area contributed by atoms with Gasteiger partial charge in [0.15, 0.2) is 14.7 Å². The molecule has 8 fully saturated rings. The van der Waals surface area contributed by atoms with Crippen LogP contribution >= 0.6 is 0 Å². The Hall–Kier alpha value is -5.41. The smallest absolute Gasteiger partial charge is 0.457 e. The predicted molar refractivity (Wildman–Crippen MR) is 244 cm³/mol. The summed E-state index contributed by atoms with van der Waals surface area (Å²) in [5.41, 5.74) is 0.332. The topological polar surface area (TPSA) is 89.5 Å². The van der Waals surface area contributed by atoms with Crippen molar-refractivity contribution in [2.24, 2.45) is 47.3 Å².